The summed E-state index contributed by atoms with van der Waals surface area (Å²) in [4.78, 5) is 13.3. The molecule has 6 heteroatoms. The molecule has 1 heterocycles. The number of hydrogen-bond donors (Lipinski definition) is 1. The van der Waals surface area contributed by atoms with Crippen LogP contribution < -0.4 is 0 Å². The molecule has 0 bridgehead atoms. The lowest BCUT2D eigenvalue weighted by molar-refractivity contribution is -0.115. The largest absolute Gasteiger partial charge is 0.510 e. The molecule has 0 aliphatic carbocycles. The molecule has 1 N–H and O–H groups in total. The van der Waals surface area contributed by atoms with Crippen molar-refractivity contribution >= 4 is 33.8 Å². The fourth-order valence-electron chi connectivity index (χ4n) is 3.74. The molecule has 0 spiro atoms. The monoisotopic (exact) mass is 434 g/mol. The molecule has 0 aromatic heterocycles. The average molecular weight is 435 g/mol. The highest BCUT2D eigenvalue weighted by Gasteiger charge is 2.52. The molecule has 0 saturated heterocycles. The van der Waals surface area contributed by atoms with E-state index in [9.17, 15) is 18.5 Å². The Morgan fingerprint density at radius 3 is 2.21 bits per heavy atom. The number of aliphatic hydroxyl groups is 1. The van der Waals surface area contributed by atoms with Crippen molar-refractivity contribution in [3.8, 4) is 11.1 Å². The topological polar surface area (TPSA) is 54.4 Å². The van der Waals surface area contributed by atoms with Crippen molar-refractivity contribution in [3.63, 3.8) is 0 Å². The summed E-state index contributed by atoms with van der Waals surface area (Å²) >= 11 is 5.79. The Labute approximate surface area is 178 Å². The Morgan fingerprint density at radius 1 is 1.03 bits per heavy atom. The number of rotatable bonds is 3. The molecular formula is C23H24ClFO3S. The van der Waals surface area contributed by atoms with Crippen LogP contribution in [0.5, 0.6) is 0 Å². The molecule has 2 aromatic rings. The van der Waals surface area contributed by atoms with Crippen LogP contribution in [0.1, 0.15) is 45.7 Å². The van der Waals surface area contributed by atoms with E-state index in [0.29, 0.717) is 23.1 Å². The fourth-order valence-corrected chi connectivity index (χ4v) is 5.68. The molecule has 2 aromatic carbocycles. The number of halogens is 2. The predicted molar refractivity (Wildman–Crippen MR) is 117 cm³/mol. The highest BCUT2D eigenvalue weighted by molar-refractivity contribution is 7.89. The maximum absolute atomic E-state index is 14.0. The number of benzene rings is 2. The van der Waals surface area contributed by atoms with Crippen LogP contribution >= 0.6 is 11.6 Å². The second-order valence-electron chi connectivity index (χ2n) is 8.20. The third-order valence-electron chi connectivity index (χ3n) is 5.52. The molecule has 0 saturated carbocycles. The zero-order valence-electron chi connectivity index (χ0n) is 17.1. The molecule has 3 nitrogen and oxygen atoms in total. The Hall–Kier alpha value is -1.98. The standard InChI is InChI=1S/C23H24ClFO3S/c1-6-13-7-8-14(15-9-10-17(24)18(25)12-15)11-16(13)19-20(26)22(2,3)29(28)23(4,5)21(19)27/h7-12,26H,6H2,1-5H3. The first-order valence-corrected chi connectivity index (χ1v) is 10.9. The highest BCUT2D eigenvalue weighted by Crippen LogP contribution is 2.44. The minimum Gasteiger partial charge on any atom is -0.510 e. The molecule has 1 atom stereocenters. The number of carbonyl (C=O) groups is 1. The summed E-state index contributed by atoms with van der Waals surface area (Å²) in [6, 6.07) is 10.0. The fraction of sp³-hybridized carbons (Fsp3) is 0.348. The van der Waals surface area contributed by atoms with Crippen LogP contribution in [0.15, 0.2) is 42.2 Å². The van der Waals surface area contributed by atoms with Crippen molar-refractivity contribution in [2.24, 2.45) is 0 Å². The van der Waals surface area contributed by atoms with Gasteiger partial charge in [0.05, 0.1) is 15.3 Å². The smallest absolute Gasteiger partial charge is 0.184 e. The molecule has 0 fully saturated rings. The van der Waals surface area contributed by atoms with Crippen LogP contribution in [0, 0.1) is 5.82 Å². The molecule has 29 heavy (non-hydrogen) atoms. The zero-order chi connectivity index (χ0) is 21.7. The van der Waals surface area contributed by atoms with Crippen molar-refractivity contribution in [2.75, 3.05) is 0 Å². The second kappa shape index (κ2) is 7.37. The Bertz CT molecular complexity index is 1070. The quantitative estimate of drug-likeness (QED) is 0.657. The summed E-state index contributed by atoms with van der Waals surface area (Å²) in [6.45, 7) is 8.60. The third-order valence-corrected chi connectivity index (χ3v) is 8.06. The van der Waals surface area contributed by atoms with Crippen LogP contribution in [0.25, 0.3) is 16.7 Å². The summed E-state index contributed by atoms with van der Waals surface area (Å²) in [7, 11) is -1.59. The Kier molecular flexibility index (Phi) is 5.52. The van der Waals surface area contributed by atoms with Crippen molar-refractivity contribution in [3.05, 3.63) is 64.1 Å². The summed E-state index contributed by atoms with van der Waals surface area (Å²) in [5.41, 5.74) is 2.95. The van der Waals surface area contributed by atoms with E-state index in [1.54, 1.807) is 39.8 Å². The van der Waals surface area contributed by atoms with Gasteiger partial charge in [0.15, 0.2) is 5.78 Å². The number of aryl methyl sites for hydroxylation is 1. The van der Waals surface area contributed by atoms with Gasteiger partial charge in [-0.2, -0.15) is 0 Å². The first kappa shape index (κ1) is 21.7. The van der Waals surface area contributed by atoms with E-state index in [-0.39, 0.29) is 22.1 Å². The normalized spacial score (nSPS) is 20.8. The number of aliphatic hydroxyl groups excluding tert-OH is 1. The van der Waals surface area contributed by atoms with Gasteiger partial charge in [-0.25, -0.2) is 4.39 Å². The lowest BCUT2D eigenvalue weighted by atomic mass is 9.85. The van der Waals surface area contributed by atoms with Crippen LogP contribution in [0.3, 0.4) is 0 Å². The van der Waals surface area contributed by atoms with Crippen LogP contribution in [0.2, 0.25) is 5.02 Å². The van der Waals surface area contributed by atoms with Gasteiger partial charge in [0.25, 0.3) is 0 Å². The van der Waals surface area contributed by atoms with Gasteiger partial charge in [-0.3, -0.25) is 9.00 Å². The number of allylic oxidation sites excluding steroid dienone is 1. The van der Waals surface area contributed by atoms with Crippen molar-refractivity contribution in [2.45, 2.75) is 50.5 Å². The Morgan fingerprint density at radius 2 is 1.62 bits per heavy atom. The summed E-state index contributed by atoms with van der Waals surface area (Å²) in [5.74, 6) is -1.06. The van der Waals surface area contributed by atoms with Gasteiger partial charge in [-0.05, 0) is 74.6 Å². The number of hydrogen-bond acceptors (Lipinski definition) is 3. The molecule has 0 amide bonds. The molecule has 3 rings (SSSR count). The average Bonchev–Trinajstić information content (AvgIpc) is 2.68. The maximum atomic E-state index is 14.0. The van der Waals surface area contributed by atoms with Crippen molar-refractivity contribution in [1.82, 2.24) is 0 Å². The zero-order valence-corrected chi connectivity index (χ0v) is 18.7. The summed E-state index contributed by atoms with van der Waals surface area (Å²) in [6.07, 6.45) is 0.637. The lowest BCUT2D eigenvalue weighted by Crippen LogP contribution is -2.52. The Balaban J connectivity index is 2.29. The van der Waals surface area contributed by atoms with E-state index in [0.717, 1.165) is 5.56 Å². The summed E-state index contributed by atoms with van der Waals surface area (Å²) < 4.78 is 24.7. The molecule has 1 unspecified atom stereocenters. The second-order valence-corrected chi connectivity index (χ2v) is 11.2. The maximum Gasteiger partial charge on any atom is 0.184 e. The SMILES string of the molecule is CCc1ccc(-c2ccc(Cl)c(F)c2)cc1C1=C(O)C(C)(C)S(=O)C(C)(C)C1=O. The van der Waals surface area contributed by atoms with Crippen molar-refractivity contribution < 1.29 is 18.5 Å². The molecule has 1 aliphatic rings. The lowest BCUT2D eigenvalue weighted by Gasteiger charge is -2.39. The minimum atomic E-state index is -1.59. The van der Waals surface area contributed by atoms with Gasteiger partial charge in [0.2, 0.25) is 0 Å². The number of carbonyl (C=O) groups excluding carboxylic acids is 1. The van der Waals surface area contributed by atoms with Gasteiger partial charge in [0.1, 0.15) is 16.3 Å². The van der Waals surface area contributed by atoms with Gasteiger partial charge >= 0.3 is 0 Å². The van der Waals surface area contributed by atoms with Crippen LogP contribution in [-0.2, 0) is 22.0 Å². The van der Waals surface area contributed by atoms with Gasteiger partial charge in [0, 0.05) is 10.8 Å². The predicted octanol–water partition coefficient (Wildman–Crippen LogP) is 5.87. The van der Waals surface area contributed by atoms with Gasteiger partial charge in [-0.1, -0.05) is 36.7 Å². The van der Waals surface area contributed by atoms with Crippen molar-refractivity contribution in [1.29, 1.82) is 0 Å². The van der Waals surface area contributed by atoms with Crippen LogP contribution in [-0.4, -0.2) is 24.6 Å². The molecular weight excluding hydrogens is 411 g/mol. The van der Waals surface area contributed by atoms with E-state index in [2.05, 4.69) is 0 Å². The molecule has 0 radical (unpaired) electrons. The van der Waals surface area contributed by atoms with E-state index in [4.69, 9.17) is 11.6 Å². The van der Waals surface area contributed by atoms with Gasteiger partial charge in [-0.15, -0.1) is 0 Å². The highest BCUT2D eigenvalue weighted by atomic mass is 35.5. The van der Waals surface area contributed by atoms with E-state index in [1.165, 1.54) is 12.1 Å². The molecule has 154 valence electrons. The number of Topliss-reactive ketones (excluding diaryl/α,β-unsaturated/α-hetero) is 1. The van der Waals surface area contributed by atoms with E-state index < -0.39 is 26.1 Å². The minimum absolute atomic E-state index is 0.0351. The first-order chi connectivity index (χ1) is 13.4. The van der Waals surface area contributed by atoms with E-state index in [1.807, 2.05) is 19.1 Å². The van der Waals surface area contributed by atoms with E-state index >= 15 is 0 Å². The number of ketones is 1. The van der Waals surface area contributed by atoms with Gasteiger partial charge < -0.3 is 5.11 Å². The third kappa shape index (κ3) is 3.44. The first-order valence-electron chi connectivity index (χ1n) is 9.42. The summed E-state index contributed by atoms with van der Waals surface area (Å²) in [5, 5.41) is 11.0. The molecule has 1 aliphatic heterocycles. The van der Waals surface area contributed by atoms with Crippen LogP contribution in [0.4, 0.5) is 4.39 Å².